The zero-order chi connectivity index (χ0) is 18.1. The Balaban J connectivity index is 1.44. The molecule has 138 valence electrons. The van der Waals surface area contributed by atoms with Crippen LogP contribution in [0.15, 0.2) is 18.2 Å². The molecule has 6 heteroatoms. The summed E-state index contributed by atoms with van der Waals surface area (Å²) in [6.07, 6.45) is 2.70. The van der Waals surface area contributed by atoms with E-state index in [0.717, 1.165) is 68.1 Å². The van der Waals surface area contributed by atoms with Gasteiger partial charge < -0.3 is 15.0 Å². The van der Waals surface area contributed by atoms with Gasteiger partial charge in [0.25, 0.3) is 0 Å². The minimum absolute atomic E-state index is 0.0301. The number of rotatable bonds is 3. The molecule has 2 saturated heterocycles. The average molecular weight is 354 g/mol. The van der Waals surface area contributed by atoms with Crippen LogP contribution < -0.4 is 10.2 Å². The highest BCUT2D eigenvalue weighted by Gasteiger charge is 2.30. The van der Waals surface area contributed by atoms with Gasteiger partial charge in [-0.1, -0.05) is 0 Å². The van der Waals surface area contributed by atoms with Crippen molar-refractivity contribution in [3.63, 3.8) is 0 Å². The summed E-state index contributed by atoms with van der Waals surface area (Å²) >= 11 is 0. The van der Waals surface area contributed by atoms with Crippen LogP contribution >= 0.6 is 0 Å². The number of nitrogens with zero attached hydrogens (tertiary/aromatic N) is 3. The number of anilines is 1. The molecule has 0 bridgehead atoms. The highest BCUT2D eigenvalue weighted by Crippen LogP contribution is 2.25. The summed E-state index contributed by atoms with van der Waals surface area (Å²) in [5.74, 6) is 1.11. The van der Waals surface area contributed by atoms with Crippen LogP contribution in [0.4, 0.5) is 5.82 Å². The lowest BCUT2D eigenvalue weighted by Crippen LogP contribution is -2.42. The normalized spacial score (nSPS) is 21.3. The second-order valence-electron chi connectivity index (χ2n) is 7.45. The maximum absolute atomic E-state index is 12.6. The topological polar surface area (TPSA) is 67.4 Å². The molecule has 1 unspecified atom stereocenters. The van der Waals surface area contributed by atoms with Crippen molar-refractivity contribution in [1.29, 1.82) is 0 Å². The van der Waals surface area contributed by atoms with Gasteiger partial charge >= 0.3 is 0 Å². The molecule has 0 radical (unpaired) electrons. The summed E-state index contributed by atoms with van der Waals surface area (Å²) in [5.41, 5.74) is 2.96. The van der Waals surface area contributed by atoms with Gasteiger partial charge in [0, 0.05) is 43.4 Å². The zero-order valence-electron chi connectivity index (χ0n) is 15.5. The van der Waals surface area contributed by atoms with E-state index < -0.39 is 0 Å². The molecule has 0 saturated carbocycles. The van der Waals surface area contributed by atoms with E-state index in [1.807, 2.05) is 13.0 Å². The van der Waals surface area contributed by atoms with E-state index in [4.69, 9.17) is 9.72 Å². The fourth-order valence-corrected chi connectivity index (χ4v) is 3.94. The van der Waals surface area contributed by atoms with E-state index >= 15 is 0 Å². The minimum atomic E-state index is 0.0301. The molecule has 2 aliphatic rings. The molecule has 2 aromatic rings. The monoisotopic (exact) mass is 354 g/mol. The number of carbonyl (C=O) groups is 1. The molecule has 26 heavy (non-hydrogen) atoms. The van der Waals surface area contributed by atoms with Crippen LogP contribution in [0.2, 0.25) is 0 Å². The average Bonchev–Trinajstić information content (AvgIpc) is 3.12. The molecule has 2 aromatic heterocycles. The molecule has 0 spiro atoms. The van der Waals surface area contributed by atoms with Crippen molar-refractivity contribution in [2.75, 3.05) is 31.2 Å². The Morgan fingerprint density at radius 2 is 2.00 bits per heavy atom. The van der Waals surface area contributed by atoms with E-state index in [1.165, 1.54) is 5.56 Å². The van der Waals surface area contributed by atoms with E-state index in [9.17, 15) is 4.79 Å². The van der Waals surface area contributed by atoms with E-state index in [2.05, 4.69) is 34.3 Å². The molecule has 6 nitrogen and oxygen atoms in total. The van der Waals surface area contributed by atoms with Crippen molar-refractivity contribution >= 4 is 22.8 Å². The number of pyridine rings is 2. The number of aryl methyl sites for hydroxylation is 2. The summed E-state index contributed by atoms with van der Waals surface area (Å²) in [6, 6.07) is 6.48. The number of ether oxygens (including phenoxy) is 1. The van der Waals surface area contributed by atoms with Crippen LogP contribution in [0.25, 0.3) is 11.0 Å². The smallest absolute Gasteiger partial charge is 0.225 e. The van der Waals surface area contributed by atoms with Gasteiger partial charge in [-0.2, -0.15) is 0 Å². The Morgan fingerprint density at radius 1 is 1.19 bits per heavy atom. The van der Waals surface area contributed by atoms with Gasteiger partial charge in [0.2, 0.25) is 5.91 Å². The Labute approximate surface area is 154 Å². The minimum Gasteiger partial charge on any atom is -0.381 e. The Kier molecular flexibility index (Phi) is 4.76. The first-order valence-electron chi connectivity index (χ1n) is 9.48. The lowest BCUT2D eigenvalue weighted by Gasteiger charge is -2.24. The standard InChI is InChI=1S/C20H26N4O2/c1-13-11-14(2)21-19-17(13)3-4-18(23-19)24-8-5-15(12-24)20(25)22-16-6-9-26-10-7-16/h3-4,11,15-16H,5-10,12H2,1-2H3,(H,22,25). The first-order valence-corrected chi connectivity index (χ1v) is 9.48. The molecule has 1 N–H and O–H groups in total. The predicted octanol–water partition coefficient (Wildman–Crippen LogP) is 2.37. The SMILES string of the molecule is Cc1cc(C)c2ccc(N3CCC(C(=O)NC4CCOCC4)C3)nc2n1. The van der Waals surface area contributed by atoms with Crippen LogP contribution in [0, 0.1) is 19.8 Å². The number of aromatic nitrogens is 2. The maximum Gasteiger partial charge on any atom is 0.225 e. The van der Waals surface area contributed by atoms with Crippen molar-refractivity contribution < 1.29 is 9.53 Å². The van der Waals surface area contributed by atoms with E-state index in [1.54, 1.807) is 0 Å². The third kappa shape index (κ3) is 3.51. The van der Waals surface area contributed by atoms with Crippen molar-refractivity contribution in [2.45, 2.75) is 39.2 Å². The maximum atomic E-state index is 12.6. The van der Waals surface area contributed by atoms with Crippen molar-refractivity contribution in [3.05, 3.63) is 29.5 Å². The lowest BCUT2D eigenvalue weighted by atomic mass is 10.1. The Morgan fingerprint density at radius 3 is 2.81 bits per heavy atom. The van der Waals surface area contributed by atoms with Gasteiger partial charge in [-0.05, 0) is 56.9 Å². The van der Waals surface area contributed by atoms with Gasteiger partial charge in [-0.15, -0.1) is 0 Å². The Bertz CT molecular complexity index is 817. The number of carbonyl (C=O) groups excluding carboxylic acids is 1. The predicted molar refractivity (Wildman–Crippen MR) is 101 cm³/mol. The molecular formula is C20H26N4O2. The molecule has 0 aromatic carbocycles. The van der Waals surface area contributed by atoms with Crippen LogP contribution in [0.5, 0.6) is 0 Å². The summed E-state index contributed by atoms with van der Waals surface area (Å²) in [4.78, 5) is 24.1. The third-order valence-electron chi connectivity index (χ3n) is 5.44. The third-order valence-corrected chi connectivity index (χ3v) is 5.44. The summed E-state index contributed by atoms with van der Waals surface area (Å²) in [7, 11) is 0. The molecule has 4 heterocycles. The summed E-state index contributed by atoms with van der Waals surface area (Å²) in [6.45, 7) is 7.15. The molecule has 0 aliphatic carbocycles. The van der Waals surface area contributed by atoms with Crippen LogP contribution in [0.1, 0.15) is 30.5 Å². The van der Waals surface area contributed by atoms with Gasteiger partial charge in [-0.3, -0.25) is 4.79 Å². The number of nitrogens with one attached hydrogen (secondary N) is 1. The summed E-state index contributed by atoms with van der Waals surface area (Å²) < 4.78 is 5.36. The highest BCUT2D eigenvalue weighted by molar-refractivity contribution is 5.82. The number of amides is 1. The molecular weight excluding hydrogens is 328 g/mol. The zero-order valence-corrected chi connectivity index (χ0v) is 15.5. The molecule has 2 fully saturated rings. The van der Waals surface area contributed by atoms with Gasteiger partial charge in [0.15, 0.2) is 5.65 Å². The van der Waals surface area contributed by atoms with E-state index in [-0.39, 0.29) is 17.9 Å². The van der Waals surface area contributed by atoms with Crippen LogP contribution in [-0.4, -0.2) is 48.2 Å². The van der Waals surface area contributed by atoms with Crippen molar-refractivity contribution in [1.82, 2.24) is 15.3 Å². The van der Waals surface area contributed by atoms with Gasteiger partial charge in [-0.25, -0.2) is 9.97 Å². The lowest BCUT2D eigenvalue weighted by molar-refractivity contribution is -0.125. The first-order chi connectivity index (χ1) is 12.6. The number of hydrogen-bond acceptors (Lipinski definition) is 5. The van der Waals surface area contributed by atoms with Crippen molar-refractivity contribution in [3.8, 4) is 0 Å². The number of hydrogen-bond donors (Lipinski definition) is 1. The fraction of sp³-hybridized carbons (Fsp3) is 0.550. The van der Waals surface area contributed by atoms with Crippen LogP contribution in [-0.2, 0) is 9.53 Å². The first kappa shape index (κ1) is 17.2. The second-order valence-corrected chi connectivity index (χ2v) is 7.45. The molecule has 1 amide bonds. The highest BCUT2D eigenvalue weighted by atomic mass is 16.5. The summed E-state index contributed by atoms with van der Waals surface area (Å²) in [5, 5.41) is 4.29. The van der Waals surface area contributed by atoms with E-state index in [0.29, 0.717) is 0 Å². The largest absolute Gasteiger partial charge is 0.381 e. The fourth-order valence-electron chi connectivity index (χ4n) is 3.94. The van der Waals surface area contributed by atoms with Crippen LogP contribution in [0.3, 0.4) is 0 Å². The molecule has 4 rings (SSSR count). The van der Waals surface area contributed by atoms with Gasteiger partial charge in [0.05, 0.1) is 5.92 Å². The van der Waals surface area contributed by atoms with Gasteiger partial charge in [0.1, 0.15) is 5.82 Å². The van der Waals surface area contributed by atoms with Crippen molar-refractivity contribution in [2.24, 2.45) is 5.92 Å². The quantitative estimate of drug-likeness (QED) is 0.917. The molecule has 1 atom stereocenters. The second kappa shape index (κ2) is 7.19. The molecule has 2 aliphatic heterocycles. The Hall–Kier alpha value is -2.21. The number of fused-ring (bicyclic) bond motifs is 1.